The Hall–Kier alpha value is -1.83. The summed E-state index contributed by atoms with van der Waals surface area (Å²) in [4.78, 5) is 20.7. The number of hydrogen-bond donors (Lipinski definition) is 0. The van der Waals surface area contributed by atoms with E-state index in [-0.39, 0.29) is 10.6 Å². The summed E-state index contributed by atoms with van der Waals surface area (Å²) in [6.45, 7) is 5.27. The Morgan fingerprint density at radius 3 is 2.59 bits per heavy atom. The fourth-order valence-electron chi connectivity index (χ4n) is 4.28. The lowest BCUT2D eigenvalue weighted by atomic mass is 9.94. The zero-order chi connectivity index (χ0) is 18.6. The summed E-state index contributed by atoms with van der Waals surface area (Å²) in [6.07, 6.45) is 6.91. The number of thiazole rings is 1. The molecule has 0 N–H and O–H groups in total. The quantitative estimate of drug-likeness (QED) is 0.570. The molecular weight excluding hydrogens is 360 g/mol. The summed E-state index contributed by atoms with van der Waals surface area (Å²) in [7, 11) is 0. The number of piperazine rings is 1. The van der Waals surface area contributed by atoms with Crippen LogP contribution in [0.15, 0.2) is 29.6 Å². The first-order valence-electron chi connectivity index (χ1n) is 9.85. The highest BCUT2D eigenvalue weighted by Crippen LogP contribution is 2.32. The SMILES string of the molecule is O=[N+]([O-])c1ccccc1-c1nc(CN2CCN(C3CCCCC3)CC2)cs1. The van der Waals surface area contributed by atoms with E-state index in [4.69, 9.17) is 0 Å². The lowest BCUT2D eigenvalue weighted by Gasteiger charge is -2.40. The molecule has 1 saturated carbocycles. The van der Waals surface area contributed by atoms with Crippen molar-refractivity contribution < 1.29 is 4.92 Å². The van der Waals surface area contributed by atoms with Gasteiger partial charge in [-0.3, -0.25) is 19.9 Å². The molecule has 1 aromatic carbocycles. The van der Waals surface area contributed by atoms with Crippen molar-refractivity contribution in [3.63, 3.8) is 0 Å². The van der Waals surface area contributed by atoms with E-state index in [2.05, 4.69) is 14.8 Å². The largest absolute Gasteiger partial charge is 0.298 e. The van der Waals surface area contributed by atoms with Crippen LogP contribution in [0.3, 0.4) is 0 Å². The number of para-hydroxylation sites is 1. The van der Waals surface area contributed by atoms with Gasteiger partial charge in [-0.1, -0.05) is 31.4 Å². The maximum absolute atomic E-state index is 11.2. The molecule has 2 fully saturated rings. The van der Waals surface area contributed by atoms with Gasteiger partial charge in [-0.2, -0.15) is 0 Å². The van der Waals surface area contributed by atoms with Crippen molar-refractivity contribution in [3.8, 4) is 10.6 Å². The van der Waals surface area contributed by atoms with Crippen LogP contribution in [0.2, 0.25) is 0 Å². The number of aromatic nitrogens is 1. The van der Waals surface area contributed by atoms with Crippen LogP contribution >= 0.6 is 11.3 Å². The van der Waals surface area contributed by atoms with E-state index in [9.17, 15) is 10.1 Å². The fraction of sp³-hybridized carbons (Fsp3) is 0.550. The van der Waals surface area contributed by atoms with Gasteiger partial charge < -0.3 is 0 Å². The molecule has 0 unspecified atom stereocenters. The van der Waals surface area contributed by atoms with Crippen molar-refractivity contribution in [3.05, 3.63) is 45.5 Å². The van der Waals surface area contributed by atoms with Crippen LogP contribution in [0, 0.1) is 10.1 Å². The molecule has 2 aromatic rings. The highest BCUT2D eigenvalue weighted by atomic mass is 32.1. The average molecular weight is 387 g/mol. The summed E-state index contributed by atoms with van der Waals surface area (Å²) < 4.78 is 0. The van der Waals surface area contributed by atoms with Gasteiger partial charge in [0.15, 0.2) is 0 Å². The Labute approximate surface area is 164 Å². The third-order valence-electron chi connectivity index (χ3n) is 5.77. The summed E-state index contributed by atoms with van der Waals surface area (Å²) in [5.41, 5.74) is 1.75. The molecule has 2 aliphatic rings. The molecule has 0 spiro atoms. The first-order chi connectivity index (χ1) is 13.2. The van der Waals surface area contributed by atoms with Gasteiger partial charge >= 0.3 is 0 Å². The summed E-state index contributed by atoms with van der Waals surface area (Å²) in [5.74, 6) is 0. The van der Waals surface area contributed by atoms with Gasteiger partial charge in [0.2, 0.25) is 0 Å². The third kappa shape index (κ3) is 4.36. The first-order valence-corrected chi connectivity index (χ1v) is 10.7. The van der Waals surface area contributed by atoms with Crippen LogP contribution in [-0.4, -0.2) is 51.9 Å². The molecule has 0 radical (unpaired) electrons. The van der Waals surface area contributed by atoms with Crippen molar-refractivity contribution in [2.75, 3.05) is 26.2 Å². The summed E-state index contributed by atoms with van der Waals surface area (Å²) in [5, 5.41) is 14.0. The lowest BCUT2D eigenvalue weighted by molar-refractivity contribution is -0.384. The maximum atomic E-state index is 11.2. The second kappa shape index (κ2) is 8.46. The predicted octanol–water partition coefficient (Wildman–Crippen LogP) is 4.17. The molecule has 1 saturated heterocycles. The number of benzene rings is 1. The molecule has 1 aliphatic heterocycles. The van der Waals surface area contributed by atoms with Crippen molar-refractivity contribution in [2.24, 2.45) is 0 Å². The minimum Gasteiger partial charge on any atom is -0.298 e. The van der Waals surface area contributed by atoms with Gasteiger partial charge in [0.25, 0.3) is 5.69 Å². The van der Waals surface area contributed by atoms with E-state index in [0.29, 0.717) is 5.56 Å². The van der Waals surface area contributed by atoms with Crippen molar-refractivity contribution in [1.29, 1.82) is 0 Å². The van der Waals surface area contributed by atoms with E-state index in [1.54, 1.807) is 18.2 Å². The van der Waals surface area contributed by atoms with E-state index >= 15 is 0 Å². The molecule has 0 amide bonds. The normalized spacial score (nSPS) is 20.0. The van der Waals surface area contributed by atoms with Gasteiger partial charge in [-0.05, 0) is 18.9 Å². The Bertz CT molecular complexity index is 780. The molecule has 0 bridgehead atoms. The zero-order valence-corrected chi connectivity index (χ0v) is 16.4. The summed E-state index contributed by atoms with van der Waals surface area (Å²) in [6, 6.07) is 7.64. The molecule has 1 aliphatic carbocycles. The third-order valence-corrected chi connectivity index (χ3v) is 6.69. The molecule has 6 nitrogen and oxygen atoms in total. The van der Waals surface area contributed by atoms with E-state index in [0.717, 1.165) is 49.5 Å². The van der Waals surface area contributed by atoms with Crippen LogP contribution in [-0.2, 0) is 6.54 Å². The van der Waals surface area contributed by atoms with Crippen molar-refractivity contribution in [1.82, 2.24) is 14.8 Å². The Morgan fingerprint density at radius 2 is 1.85 bits per heavy atom. The van der Waals surface area contributed by atoms with Crippen molar-refractivity contribution >= 4 is 17.0 Å². The van der Waals surface area contributed by atoms with Gasteiger partial charge in [-0.25, -0.2) is 4.98 Å². The Kier molecular flexibility index (Phi) is 5.80. The lowest BCUT2D eigenvalue weighted by Crippen LogP contribution is -2.50. The minimum absolute atomic E-state index is 0.125. The highest BCUT2D eigenvalue weighted by molar-refractivity contribution is 7.13. The van der Waals surface area contributed by atoms with Crippen LogP contribution in [0.4, 0.5) is 5.69 Å². The molecule has 4 rings (SSSR count). The van der Waals surface area contributed by atoms with Crippen LogP contribution in [0.5, 0.6) is 0 Å². The van der Waals surface area contributed by atoms with Crippen LogP contribution < -0.4 is 0 Å². The number of rotatable bonds is 5. The van der Waals surface area contributed by atoms with Gasteiger partial charge in [-0.15, -0.1) is 11.3 Å². The van der Waals surface area contributed by atoms with Crippen LogP contribution in [0.25, 0.3) is 10.6 Å². The Morgan fingerprint density at radius 1 is 1.11 bits per heavy atom. The fourth-order valence-corrected chi connectivity index (χ4v) is 5.12. The highest BCUT2D eigenvalue weighted by Gasteiger charge is 2.25. The molecule has 2 heterocycles. The van der Waals surface area contributed by atoms with E-state index in [1.807, 2.05) is 11.4 Å². The minimum atomic E-state index is -0.332. The number of nitro benzene ring substituents is 1. The second-order valence-electron chi connectivity index (χ2n) is 7.52. The van der Waals surface area contributed by atoms with E-state index < -0.39 is 0 Å². The van der Waals surface area contributed by atoms with E-state index in [1.165, 1.54) is 43.4 Å². The van der Waals surface area contributed by atoms with Crippen molar-refractivity contribution in [2.45, 2.75) is 44.7 Å². The van der Waals surface area contributed by atoms with Gasteiger partial charge in [0, 0.05) is 50.2 Å². The smallest absolute Gasteiger partial charge is 0.279 e. The molecule has 0 atom stereocenters. The maximum Gasteiger partial charge on any atom is 0.279 e. The molecule has 7 heteroatoms. The molecular formula is C20H26N4O2S. The summed E-state index contributed by atoms with van der Waals surface area (Å²) >= 11 is 1.49. The second-order valence-corrected chi connectivity index (χ2v) is 8.38. The standard InChI is InChI=1S/C20H26N4O2S/c25-24(26)19-9-5-4-8-18(19)20-21-16(15-27-20)14-22-10-12-23(13-11-22)17-6-2-1-3-7-17/h4-5,8-9,15,17H,1-3,6-7,10-14H2. The average Bonchev–Trinajstić information content (AvgIpc) is 3.17. The zero-order valence-electron chi connectivity index (χ0n) is 15.5. The monoisotopic (exact) mass is 386 g/mol. The number of hydrogen-bond acceptors (Lipinski definition) is 6. The Balaban J connectivity index is 1.36. The molecule has 27 heavy (non-hydrogen) atoms. The topological polar surface area (TPSA) is 62.5 Å². The molecule has 1 aromatic heterocycles. The van der Waals surface area contributed by atoms with Crippen LogP contribution in [0.1, 0.15) is 37.8 Å². The van der Waals surface area contributed by atoms with Gasteiger partial charge in [0.1, 0.15) is 5.01 Å². The first kappa shape index (κ1) is 18.5. The number of nitro groups is 1. The predicted molar refractivity (Wildman–Crippen MR) is 108 cm³/mol. The molecule has 144 valence electrons. The van der Waals surface area contributed by atoms with Gasteiger partial charge in [0.05, 0.1) is 16.2 Å². The number of nitrogens with zero attached hydrogens (tertiary/aromatic N) is 4.